The molecule has 1 aliphatic rings. The van der Waals surface area contributed by atoms with Gasteiger partial charge >= 0.3 is 0 Å². The van der Waals surface area contributed by atoms with Gasteiger partial charge < -0.3 is 10.2 Å². The van der Waals surface area contributed by atoms with Gasteiger partial charge in [0.2, 0.25) is 0 Å². The van der Waals surface area contributed by atoms with Gasteiger partial charge in [-0.05, 0) is 44.1 Å². The van der Waals surface area contributed by atoms with Crippen molar-refractivity contribution in [1.82, 2.24) is 15.2 Å². The minimum Gasteiger partial charge on any atom is -0.316 e. The number of hydrogen-bond acceptors (Lipinski definition) is 3. The highest BCUT2D eigenvalue weighted by atomic mass is 15.1. The third kappa shape index (κ3) is 3.79. The van der Waals surface area contributed by atoms with Crippen molar-refractivity contribution in [1.29, 1.82) is 0 Å². The van der Waals surface area contributed by atoms with E-state index in [-0.39, 0.29) is 0 Å². The van der Waals surface area contributed by atoms with Crippen LogP contribution in [0.15, 0.2) is 24.4 Å². The smallest absolute Gasteiger partial charge is 0.0416 e. The second-order valence-corrected chi connectivity index (χ2v) is 5.23. The molecule has 1 aromatic rings. The maximum atomic E-state index is 4.36. The zero-order chi connectivity index (χ0) is 12.1. The van der Waals surface area contributed by atoms with Crippen LogP contribution in [0.1, 0.15) is 12.6 Å². The lowest BCUT2D eigenvalue weighted by atomic mass is 9.98. The standard InChI is InChI=1S/C14H23N3/c1-12-9-15-10-13(12)11-17(2)8-6-14-5-3-4-7-16-14/h3-5,7,12-13,15H,6,8-11H2,1-2H3/t12-,13+/m1/s1. The molecule has 1 aliphatic heterocycles. The van der Waals surface area contributed by atoms with Crippen molar-refractivity contribution in [2.75, 3.05) is 33.2 Å². The molecule has 3 heteroatoms. The molecule has 0 radical (unpaired) electrons. The fourth-order valence-electron chi connectivity index (χ4n) is 2.45. The maximum absolute atomic E-state index is 4.36. The number of nitrogens with zero attached hydrogens (tertiary/aromatic N) is 2. The number of aromatic nitrogens is 1. The molecular formula is C14H23N3. The van der Waals surface area contributed by atoms with Crippen LogP contribution in [0.25, 0.3) is 0 Å². The molecule has 0 amide bonds. The lowest BCUT2D eigenvalue weighted by Crippen LogP contribution is -2.30. The monoisotopic (exact) mass is 233 g/mol. The molecule has 1 saturated heterocycles. The van der Waals surface area contributed by atoms with Gasteiger partial charge in [0.1, 0.15) is 0 Å². The van der Waals surface area contributed by atoms with Gasteiger partial charge in [-0.1, -0.05) is 13.0 Å². The van der Waals surface area contributed by atoms with Gasteiger partial charge in [0.25, 0.3) is 0 Å². The van der Waals surface area contributed by atoms with E-state index in [1.165, 1.54) is 25.3 Å². The van der Waals surface area contributed by atoms with Gasteiger partial charge in [0.15, 0.2) is 0 Å². The first kappa shape index (κ1) is 12.5. The zero-order valence-electron chi connectivity index (χ0n) is 10.9. The molecule has 0 aliphatic carbocycles. The van der Waals surface area contributed by atoms with Crippen LogP contribution in [0.2, 0.25) is 0 Å². The van der Waals surface area contributed by atoms with Crippen molar-refractivity contribution in [2.24, 2.45) is 11.8 Å². The Balaban J connectivity index is 1.72. The Hall–Kier alpha value is -0.930. The fourth-order valence-corrected chi connectivity index (χ4v) is 2.45. The Morgan fingerprint density at radius 1 is 1.41 bits per heavy atom. The highest BCUT2D eigenvalue weighted by Crippen LogP contribution is 2.16. The summed E-state index contributed by atoms with van der Waals surface area (Å²) >= 11 is 0. The van der Waals surface area contributed by atoms with E-state index >= 15 is 0 Å². The van der Waals surface area contributed by atoms with E-state index in [1.807, 2.05) is 12.3 Å². The quantitative estimate of drug-likeness (QED) is 0.833. The van der Waals surface area contributed by atoms with Gasteiger partial charge in [0.05, 0.1) is 0 Å². The number of hydrogen-bond donors (Lipinski definition) is 1. The van der Waals surface area contributed by atoms with Crippen LogP contribution >= 0.6 is 0 Å². The Morgan fingerprint density at radius 3 is 2.94 bits per heavy atom. The van der Waals surface area contributed by atoms with E-state index in [4.69, 9.17) is 0 Å². The normalized spacial score (nSPS) is 24.4. The van der Waals surface area contributed by atoms with Gasteiger partial charge in [0, 0.05) is 31.4 Å². The van der Waals surface area contributed by atoms with Crippen molar-refractivity contribution in [3.63, 3.8) is 0 Å². The topological polar surface area (TPSA) is 28.2 Å². The molecule has 0 spiro atoms. The van der Waals surface area contributed by atoms with E-state index in [0.29, 0.717) is 0 Å². The molecule has 0 aromatic carbocycles. The third-order valence-corrected chi connectivity index (χ3v) is 3.70. The molecule has 2 atom stereocenters. The molecule has 0 bridgehead atoms. The van der Waals surface area contributed by atoms with Crippen molar-refractivity contribution < 1.29 is 0 Å². The highest BCUT2D eigenvalue weighted by Gasteiger charge is 2.23. The summed E-state index contributed by atoms with van der Waals surface area (Å²) in [5, 5.41) is 3.46. The van der Waals surface area contributed by atoms with E-state index in [0.717, 1.165) is 24.8 Å². The molecule has 94 valence electrons. The van der Waals surface area contributed by atoms with Gasteiger partial charge in [-0.3, -0.25) is 4.98 Å². The summed E-state index contributed by atoms with van der Waals surface area (Å²) in [6, 6.07) is 6.14. The van der Waals surface area contributed by atoms with Crippen LogP contribution in [0.3, 0.4) is 0 Å². The molecule has 0 saturated carbocycles. The van der Waals surface area contributed by atoms with Crippen molar-refractivity contribution in [2.45, 2.75) is 13.3 Å². The van der Waals surface area contributed by atoms with Crippen molar-refractivity contribution in [3.8, 4) is 0 Å². The van der Waals surface area contributed by atoms with Crippen LogP contribution in [0, 0.1) is 11.8 Å². The van der Waals surface area contributed by atoms with Crippen molar-refractivity contribution in [3.05, 3.63) is 30.1 Å². The van der Waals surface area contributed by atoms with E-state index < -0.39 is 0 Å². The minimum absolute atomic E-state index is 0.809. The molecular weight excluding hydrogens is 210 g/mol. The molecule has 2 heterocycles. The first-order valence-electron chi connectivity index (χ1n) is 6.55. The Bertz CT molecular complexity index is 325. The molecule has 3 nitrogen and oxygen atoms in total. The van der Waals surface area contributed by atoms with Crippen LogP contribution in [-0.4, -0.2) is 43.1 Å². The van der Waals surface area contributed by atoms with Gasteiger partial charge in [-0.2, -0.15) is 0 Å². The third-order valence-electron chi connectivity index (χ3n) is 3.70. The molecule has 1 fully saturated rings. The second kappa shape index (κ2) is 6.12. The first-order chi connectivity index (χ1) is 8.25. The second-order valence-electron chi connectivity index (χ2n) is 5.23. The number of pyridine rings is 1. The van der Waals surface area contributed by atoms with E-state index in [2.05, 4.69) is 41.3 Å². The average Bonchev–Trinajstić information content (AvgIpc) is 2.74. The zero-order valence-corrected chi connectivity index (χ0v) is 10.9. The molecule has 1 N–H and O–H groups in total. The summed E-state index contributed by atoms with van der Waals surface area (Å²) in [7, 11) is 2.22. The van der Waals surface area contributed by atoms with Gasteiger partial charge in [-0.15, -0.1) is 0 Å². The lowest BCUT2D eigenvalue weighted by Gasteiger charge is -2.22. The first-order valence-corrected chi connectivity index (χ1v) is 6.55. The summed E-state index contributed by atoms with van der Waals surface area (Å²) in [6.45, 7) is 6.99. The Kier molecular flexibility index (Phi) is 4.51. The minimum atomic E-state index is 0.809. The predicted molar refractivity (Wildman–Crippen MR) is 71.0 cm³/mol. The molecule has 1 aromatic heterocycles. The lowest BCUT2D eigenvalue weighted by molar-refractivity contribution is 0.261. The summed E-state index contributed by atoms with van der Waals surface area (Å²) in [4.78, 5) is 6.79. The maximum Gasteiger partial charge on any atom is 0.0416 e. The van der Waals surface area contributed by atoms with Crippen molar-refractivity contribution >= 4 is 0 Å². The summed E-state index contributed by atoms with van der Waals surface area (Å²) in [5.41, 5.74) is 1.19. The molecule has 0 unspecified atom stereocenters. The number of nitrogens with one attached hydrogen (secondary N) is 1. The van der Waals surface area contributed by atoms with Crippen LogP contribution in [0.5, 0.6) is 0 Å². The Labute approximate surface area is 104 Å². The number of likely N-dealkylation sites (N-methyl/N-ethyl adjacent to an activating group) is 1. The largest absolute Gasteiger partial charge is 0.316 e. The summed E-state index contributed by atoms with van der Waals surface area (Å²) in [6.07, 6.45) is 2.92. The summed E-state index contributed by atoms with van der Waals surface area (Å²) < 4.78 is 0. The highest BCUT2D eigenvalue weighted by molar-refractivity contribution is 5.03. The fraction of sp³-hybridized carbons (Fsp3) is 0.643. The average molecular weight is 233 g/mol. The predicted octanol–water partition coefficient (Wildman–Crippen LogP) is 1.41. The summed E-state index contributed by atoms with van der Waals surface area (Å²) in [5.74, 6) is 1.62. The van der Waals surface area contributed by atoms with Crippen LogP contribution < -0.4 is 5.32 Å². The molecule has 17 heavy (non-hydrogen) atoms. The van der Waals surface area contributed by atoms with E-state index in [1.54, 1.807) is 0 Å². The van der Waals surface area contributed by atoms with Crippen LogP contribution in [0.4, 0.5) is 0 Å². The van der Waals surface area contributed by atoms with Gasteiger partial charge in [-0.25, -0.2) is 0 Å². The SMILES string of the molecule is C[C@@H]1CNC[C@H]1CN(C)CCc1ccccn1. The van der Waals surface area contributed by atoms with E-state index in [9.17, 15) is 0 Å². The Morgan fingerprint density at radius 2 is 2.29 bits per heavy atom. The molecule has 2 rings (SSSR count). The number of rotatable bonds is 5. The van der Waals surface area contributed by atoms with Crippen LogP contribution in [-0.2, 0) is 6.42 Å².